The Morgan fingerprint density at radius 2 is 1.59 bits per heavy atom. The highest BCUT2D eigenvalue weighted by molar-refractivity contribution is 7.62. The maximum atomic E-state index is 10.0. The lowest BCUT2D eigenvalue weighted by Gasteiger charge is -2.17. The molecule has 0 aliphatic rings. The summed E-state index contributed by atoms with van der Waals surface area (Å²) < 4.78 is 11.1. The molecule has 148 valence electrons. The molecule has 0 saturated heterocycles. The zero-order valence-electron chi connectivity index (χ0n) is 16.4. The molecule has 0 aromatic heterocycles. The number of aromatic hydroxyl groups is 1. The van der Waals surface area contributed by atoms with Gasteiger partial charge in [-0.25, -0.2) is 0 Å². The van der Waals surface area contributed by atoms with Crippen molar-refractivity contribution < 1.29 is 24.4 Å². The minimum Gasteiger partial charge on any atom is -0.508 e. The lowest BCUT2D eigenvalue weighted by molar-refractivity contribution is 0.386. The lowest BCUT2D eigenvalue weighted by atomic mass is 9.95. The Hall–Kier alpha value is -1.94. The van der Waals surface area contributed by atoms with Crippen LogP contribution in [-0.2, 0) is 12.8 Å². The highest BCUT2D eigenvalue weighted by atomic mass is 31.2. The van der Waals surface area contributed by atoms with Crippen LogP contribution in [0.2, 0.25) is 0 Å². The molecule has 5 nitrogen and oxygen atoms in total. The first kappa shape index (κ1) is 21.4. The molecule has 0 aliphatic heterocycles. The summed E-state index contributed by atoms with van der Waals surface area (Å²) in [5.41, 5.74) is 3.77. The third-order valence-corrected chi connectivity index (χ3v) is 5.46. The molecule has 2 rings (SSSR count). The smallest absolute Gasteiger partial charge is 0.126 e. The van der Waals surface area contributed by atoms with Gasteiger partial charge < -0.3 is 24.4 Å². The summed E-state index contributed by atoms with van der Waals surface area (Å²) in [6.07, 6.45) is 4.71. The second kappa shape index (κ2) is 8.83. The Kier molecular flexibility index (Phi) is 6.99. The lowest BCUT2D eigenvalue weighted by Crippen LogP contribution is -2.02. The van der Waals surface area contributed by atoms with Crippen LogP contribution in [0.5, 0.6) is 17.2 Å². The minimum atomic E-state index is -3.07. The van der Waals surface area contributed by atoms with Crippen molar-refractivity contribution in [1.29, 1.82) is 0 Å². The van der Waals surface area contributed by atoms with Crippen LogP contribution in [0.4, 0.5) is 0 Å². The first-order valence-electron chi connectivity index (χ1n) is 8.88. The third kappa shape index (κ3) is 5.77. The number of methoxy groups -OCH3 is 2. The van der Waals surface area contributed by atoms with E-state index in [1.54, 1.807) is 20.3 Å². The molecule has 0 spiro atoms. The van der Waals surface area contributed by atoms with Crippen LogP contribution in [0, 0.1) is 0 Å². The number of phenols is 1. The van der Waals surface area contributed by atoms with E-state index in [9.17, 15) is 14.9 Å². The second-order valence-corrected chi connectivity index (χ2v) is 9.26. The largest absolute Gasteiger partial charge is 0.508 e. The maximum absolute atomic E-state index is 10.0. The zero-order chi connectivity index (χ0) is 20.2. The first-order chi connectivity index (χ1) is 12.6. The molecule has 0 amide bonds. The van der Waals surface area contributed by atoms with Gasteiger partial charge in [0.15, 0.2) is 0 Å². The van der Waals surface area contributed by atoms with Gasteiger partial charge in [-0.3, -0.25) is 0 Å². The Morgan fingerprint density at radius 1 is 1.00 bits per heavy atom. The van der Waals surface area contributed by atoms with Crippen molar-refractivity contribution in [3.63, 3.8) is 0 Å². The quantitative estimate of drug-likeness (QED) is 0.593. The van der Waals surface area contributed by atoms with Gasteiger partial charge >= 0.3 is 0 Å². The highest BCUT2D eigenvalue weighted by Gasteiger charge is 2.16. The zero-order valence-corrected chi connectivity index (χ0v) is 17.3. The molecule has 0 radical (unpaired) electrons. The van der Waals surface area contributed by atoms with Gasteiger partial charge in [0.25, 0.3) is 0 Å². The van der Waals surface area contributed by atoms with Crippen LogP contribution in [-0.4, -0.2) is 41.6 Å². The molecule has 2 aromatic carbocycles. The number of rotatable bonds is 8. The van der Waals surface area contributed by atoms with Crippen molar-refractivity contribution in [3.8, 4) is 17.2 Å². The van der Waals surface area contributed by atoms with Crippen LogP contribution in [0.1, 0.15) is 42.0 Å². The van der Waals surface area contributed by atoms with Gasteiger partial charge in [-0.15, -0.1) is 0 Å². The van der Waals surface area contributed by atoms with Gasteiger partial charge in [-0.1, -0.05) is 32.3 Å². The van der Waals surface area contributed by atoms with E-state index in [0.717, 1.165) is 22.3 Å². The number of aryl methyl sites for hydroxylation is 1. The van der Waals surface area contributed by atoms with Crippen molar-refractivity contribution in [1.82, 2.24) is 0 Å². The summed E-state index contributed by atoms with van der Waals surface area (Å²) in [5, 5.41) is 10.0. The number of phenolic OH excluding ortho intramolecular Hbond substituents is 1. The van der Waals surface area contributed by atoms with E-state index in [2.05, 4.69) is 6.30 Å². The fourth-order valence-electron chi connectivity index (χ4n) is 3.05. The average molecular weight is 392 g/mol. The van der Waals surface area contributed by atoms with E-state index in [4.69, 9.17) is 9.47 Å². The summed E-state index contributed by atoms with van der Waals surface area (Å²) in [6.45, 7) is 4.09. The molecule has 27 heavy (non-hydrogen) atoms. The molecular weight excluding hydrogens is 363 g/mol. The van der Waals surface area contributed by atoms with Crippen LogP contribution >= 0.6 is 7.34 Å². The maximum Gasteiger partial charge on any atom is 0.126 e. The summed E-state index contributed by atoms with van der Waals surface area (Å²) >= 11 is 0. The van der Waals surface area contributed by atoms with Crippen LogP contribution in [0.25, 0.3) is 0 Å². The molecule has 2 aromatic rings. The standard InChI is InChI=1S/C21H29O5P/c1-14(2)17-10-15(6-7-19(17)22)11-18-20(25-3)12-16(13-21(18)26-4)8-9-27(5,23)24/h6-7,10,12-14,22-24H,5,8-9,11H2,1-4H3. The number of hydrogen-bond donors (Lipinski definition) is 3. The Labute approximate surface area is 161 Å². The normalized spacial score (nSPS) is 11.7. The van der Waals surface area contributed by atoms with Crippen molar-refractivity contribution in [2.24, 2.45) is 0 Å². The molecule has 0 heterocycles. The van der Waals surface area contributed by atoms with Gasteiger partial charge in [0.1, 0.15) is 24.6 Å². The monoisotopic (exact) mass is 392 g/mol. The first-order valence-corrected chi connectivity index (χ1v) is 10.9. The molecule has 0 unspecified atom stereocenters. The molecular formula is C21H29O5P. The topological polar surface area (TPSA) is 79.2 Å². The number of benzene rings is 2. The van der Waals surface area contributed by atoms with E-state index >= 15 is 0 Å². The Balaban J connectivity index is 2.38. The van der Waals surface area contributed by atoms with Gasteiger partial charge in [0, 0.05) is 18.1 Å². The Morgan fingerprint density at radius 3 is 2.07 bits per heavy atom. The minimum absolute atomic E-state index is 0.217. The highest BCUT2D eigenvalue weighted by Crippen LogP contribution is 2.37. The van der Waals surface area contributed by atoms with E-state index in [1.807, 2.05) is 38.1 Å². The van der Waals surface area contributed by atoms with E-state index in [0.29, 0.717) is 30.1 Å². The Bertz CT molecular complexity index is 813. The summed E-state index contributed by atoms with van der Waals surface area (Å²) in [5.74, 6) is 1.90. The summed E-state index contributed by atoms with van der Waals surface area (Å²) in [6, 6.07) is 9.42. The fourth-order valence-corrected chi connectivity index (χ4v) is 3.66. The van der Waals surface area contributed by atoms with Crippen molar-refractivity contribution >= 4 is 13.6 Å². The molecule has 0 bridgehead atoms. The predicted octanol–water partition coefficient (Wildman–Crippen LogP) is 3.93. The fraction of sp³-hybridized carbons (Fsp3) is 0.381. The van der Waals surface area contributed by atoms with Crippen LogP contribution in [0.15, 0.2) is 30.3 Å². The summed E-state index contributed by atoms with van der Waals surface area (Å²) in [7, 11) is 0.143. The van der Waals surface area contributed by atoms with Crippen LogP contribution < -0.4 is 9.47 Å². The number of hydrogen-bond acceptors (Lipinski definition) is 5. The predicted molar refractivity (Wildman–Crippen MR) is 112 cm³/mol. The molecule has 0 aliphatic carbocycles. The molecule has 6 heteroatoms. The molecule has 0 saturated carbocycles. The van der Waals surface area contributed by atoms with Gasteiger partial charge in [0.05, 0.1) is 14.2 Å². The van der Waals surface area contributed by atoms with Crippen LogP contribution in [0.3, 0.4) is 0 Å². The van der Waals surface area contributed by atoms with Gasteiger partial charge in [0.2, 0.25) is 0 Å². The van der Waals surface area contributed by atoms with Gasteiger partial charge in [-0.05, 0) is 47.2 Å². The number of ether oxygens (including phenoxy) is 2. The van der Waals surface area contributed by atoms with E-state index in [1.165, 1.54) is 0 Å². The average Bonchev–Trinajstić information content (AvgIpc) is 2.61. The van der Waals surface area contributed by atoms with Crippen molar-refractivity contribution in [3.05, 3.63) is 52.6 Å². The molecule has 0 atom stereocenters. The van der Waals surface area contributed by atoms with E-state index < -0.39 is 7.34 Å². The van der Waals surface area contributed by atoms with Crippen molar-refractivity contribution in [2.75, 3.05) is 20.4 Å². The third-order valence-electron chi connectivity index (χ3n) is 4.52. The summed E-state index contributed by atoms with van der Waals surface area (Å²) in [4.78, 5) is 19.1. The molecule has 3 N–H and O–H groups in total. The van der Waals surface area contributed by atoms with Crippen molar-refractivity contribution in [2.45, 2.75) is 32.6 Å². The molecule has 0 fully saturated rings. The SMILES string of the molecule is C=P(O)(O)CCc1cc(OC)c(Cc2ccc(O)c(C(C)C)c2)c(OC)c1. The van der Waals surface area contributed by atoms with E-state index in [-0.39, 0.29) is 12.1 Å². The second-order valence-electron chi connectivity index (χ2n) is 7.06. The van der Waals surface area contributed by atoms with Gasteiger partial charge in [-0.2, -0.15) is 0 Å².